The van der Waals surface area contributed by atoms with E-state index in [0.717, 1.165) is 16.7 Å². The van der Waals surface area contributed by atoms with E-state index < -0.39 is 0 Å². The molecule has 0 saturated heterocycles. The monoisotopic (exact) mass is 570 g/mol. The first kappa shape index (κ1) is 29.8. The fraction of sp³-hybridized carbons (Fsp3) is 0.103. The summed E-state index contributed by atoms with van der Waals surface area (Å²) in [6.45, 7) is 4.50. The van der Waals surface area contributed by atoms with E-state index in [1.807, 2.05) is 48.9 Å². The Kier molecular flexibility index (Phi) is 10.0. The van der Waals surface area contributed by atoms with Crippen molar-refractivity contribution in [2.45, 2.75) is 24.9 Å². The van der Waals surface area contributed by atoms with Crippen molar-refractivity contribution in [3.05, 3.63) is 198 Å². The second kappa shape index (κ2) is 14.5. The molecule has 0 fully saturated rings. The summed E-state index contributed by atoms with van der Waals surface area (Å²) in [4.78, 5) is 4.39. The fourth-order valence-corrected chi connectivity index (χ4v) is 6.99. The van der Waals surface area contributed by atoms with Gasteiger partial charge in [0.25, 0.3) is 0 Å². The predicted molar refractivity (Wildman–Crippen MR) is 183 cm³/mol. The molecule has 208 valence electrons. The van der Waals surface area contributed by atoms with Crippen LogP contribution in [-0.2, 0) is 5.16 Å². The van der Waals surface area contributed by atoms with E-state index in [-0.39, 0.29) is 5.16 Å². The van der Waals surface area contributed by atoms with Crippen LogP contribution < -0.4 is 5.19 Å². The van der Waals surface area contributed by atoms with E-state index in [9.17, 15) is 0 Å². The number of benzene rings is 5. The summed E-state index contributed by atoms with van der Waals surface area (Å²) in [6, 6.07) is 50.9. The quantitative estimate of drug-likeness (QED) is 0.170. The summed E-state index contributed by atoms with van der Waals surface area (Å²) in [5.41, 5.74) is 7.28. The van der Waals surface area contributed by atoms with Crippen molar-refractivity contribution < 1.29 is 0 Å². The largest absolute Gasteiger partial charge is 0.326 e. The Morgan fingerprint density at radius 2 is 1.21 bits per heavy atom. The zero-order chi connectivity index (χ0) is 29.9. The SMILES string of the molecule is CC(C)c1cccc([Si]C(c2ccccc2)(c2ccccc2)n2ccnc2)c1.[B]C=C(c1ccccc1)c1ccccc1. The molecule has 0 atom stereocenters. The molecule has 1 aromatic heterocycles. The molecule has 6 aromatic rings. The lowest BCUT2D eigenvalue weighted by Crippen LogP contribution is -2.46. The average molecular weight is 571 g/mol. The smallest absolute Gasteiger partial charge is 0.127 e. The average Bonchev–Trinajstić information content (AvgIpc) is 3.62. The first-order valence-corrected chi connectivity index (χ1v) is 15.6. The zero-order valence-corrected chi connectivity index (χ0v) is 25.7. The van der Waals surface area contributed by atoms with Gasteiger partial charge in [0, 0.05) is 12.4 Å². The number of aromatic nitrogens is 2. The number of hydrogen-bond donors (Lipinski definition) is 0. The number of nitrogens with zero attached hydrogens (tertiary/aromatic N) is 2. The van der Waals surface area contributed by atoms with Crippen molar-refractivity contribution in [3.8, 4) is 0 Å². The van der Waals surface area contributed by atoms with E-state index in [0.29, 0.717) is 15.4 Å². The lowest BCUT2D eigenvalue weighted by Gasteiger charge is -2.36. The molecule has 6 rings (SSSR count). The molecule has 0 bridgehead atoms. The van der Waals surface area contributed by atoms with E-state index in [1.54, 1.807) is 5.98 Å². The van der Waals surface area contributed by atoms with Gasteiger partial charge in [-0.1, -0.05) is 165 Å². The van der Waals surface area contributed by atoms with Gasteiger partial charge < -0.3 is 4.57 Å². The normalized spacial score (nSPS) is 11.0. The maximum Gasteiger partial charge on any atom is 0.127 e. The minimum atomic E-state index is -0.325. The van der Waals surface area contributed by atoms with E-state index in [2.05, 4.69) is 139 Å². The van der Waals surface area contributed by atoms with E-state index in [1.165, 1.54) is 21.9 Å². The molecule has 0 unspecified atom stereocenters. The van der Waals surface area contributed by atoms with Crippen LogP contribution in [0, 0.1) is 0 Å². The molecule has 0 N–H and O–H groups in total. The Hall–Kier alpha value is -4.67. The summed E-state index contributed by atoms with van der Waals surface area (Å²) in [5.74, 6) is 2.17. The Labute approximate surface area is 260 Å². The maximum absolute atomic E-state index is 5.67. The van der Waals surface area contributed by atoms with Crippen LogP contribution in [0.3, 0.4) is 0 Å². The van der Waals surface area contributed by atoms with Gasteiger partial charge in [0.05, 0.1) is 11.5 Å². The first-order valence-electron chi connectivity index (χ1n) is 14.6. The van der Waals surface area contributed by atoms with Gasteiger partial charge in [-0.2, -0.15) is 0 Å². The van der Waals surface area contributed by atoms with Gasteiger partial charge in [-0.15, -0.1) is 5.98 Å². The first-order chi connectivity index (χ1) is 21.1. The maximum atomic E-state index is 5.67. The van der Waals surface area contributed by atoms with Crippen molar-refractivity contribution in [1.82, 2.24) is 9.55 Å². The number of imidazole rings is 1. The van der Waals surface area contributed by atoms with Crippen molar-refractivity contribution >= 4 is 28.1 Å². The summed E-state index contributed by atoms with van der Waals surface area (Å²) in [7, 11) is 6.20. The van der Waals surface area contributed by atoms with E-state index >= 15 is 0 Å². The van der Waals surface area contributed by atoms with Crippen LogP contribution in [0.1, 0.15) is 47.6 Å². The molecular weight excluding hydrogens is 535 g/mol. The summed E-state index contributed by atoms with van der Waals surface area (Å²) < 4.78 is 2.26. The fourth-order valence-electron chi connectivity index (χ4n) is 5.27. The summed E-state index contributed by atoms with van der Waals surface area (Å²) in [5, 5.41) is 1.03. The molecule has 4 radical (unpaired) electrons. The summed E-state index contributed by atoms with van der Waals surface area (Å²) in [6.07, 6.45) is 5.90. The van der Waals surface area contributed by atoms with E-state index in [4.69, 9.17) is 7.85 Å². The summed E-state index contributed by atoms with van der Waals surface area (Å²) >= 11 is 0. The van der Waals surface area contributed by atoms with Gasteiger partial charge in [0.1, 0.15) is 17.4 Å². The minimum Gasteiger partial charge on any atom is -0.326 e. The highest BCUT2D eigenvalue weighted by Crippen LogP contribution is 2.33. The third-order valence-corrected chi connectivity index (χ3v) is 9.29. The second-order valence-electron chi connectivity index (χ2n) is 10.6. The molecule has 0 saturated carbocycles. The van der Waals surface area contributed by atoms with Crippen LogP contribution in [0.5, 0.6) is 0 Å². The highest BCUT2D eigenvalue weighted by molar-refractivity contribution is 6.57. The lowest BCUT2D eigenvalue weighted by atomic mass is 9.92. The second-order valence-corrected chi connectivity index (χ2v) is 12.2. The molecule has 2 nitrogen and oxygen atoms in total. The van der Waals surface area contributed by atoms with Crippen LogP contribution in [0.25, 0.3) is 5.57 Å². The Morgan fingerprint density at radius 1 is 0.698 bits per heavy atom. The number of hydrogen-bond acceptors (Lipinski definition) is 1. The Morgan fingerprint density at radius 3 is 1.65 bits per heavy atom. The van der Waals surface area contributed by atoms with Crippen molar-refractivity contribution in [1.29, 1.82) is 0 Å². The third kappa shape index (κ3) is 7.05. The number of rotatable bonds is 8. The van der Waals surface area contributed by atoms with Crippen molar-refractivity contribution in [3.63, 3.8) is 0 Å². The lowest BCUT2D eigenvalue weighted by molar-refractivity contribution is 0.596. The molecule has 1 heterocycles. The van der Waals surface area contributed by atoms with Crippen LogP contribution >= 0.6 is 0 Å². The molecule has 4 heteroatoms. The predicted octanol–water partition coefficient (Wildman–Crippen LogP) is 8.03. The van der Waals surface area contributed by atoms with Gasteiger partial charge >= 0.3 is 0 Å². The van der Waals surface area contributed by atoms with Crippen LogP contribution in [-0.4, -0.2) is 26.9 Å². The highest BCUT2D eigenvalue weighted by Gasteiger charge is 2.37. The van der Waals surface area contributed by atoms with Crippen molar-refractivity contribution in [2.75, 3.05) is 0 Å². The van der Waals surface area contributed by atoms with Gasteiger partial charge in [-0.05, 0) is 39.3 Å². The Bertz CT molecular complexity index is 1620. The third-order valence-electron chi connectivity index (χ3n) is 7.49. The molecule has 5 aromatic carbocycles. The topological polar surface area (TPSA) is 17.8 Å². The Balaban J connectivity index is 0.000000207. The minimum absolute atomic E-state index is 0.325. The van der Waals surface area contributed by atoms with Gasteiger partial charge in [0.15, 0.2) is 0 Å². The molecule has 43 heavy (non-hydrogen) atoms. The molecule has 0 amide bonds. The standard InChI is InChI=1S/C25H24N2Si.C14H11B/c1-20(2)21-10-9-15-24(18-21)28-25(27-17-16-26-19-27,22-11-5-3-6-12-22)23-13-7-4-8-14-23;15-11-14(12-7-3-1-4-8-12)13-9-5-2-6-10-13/h3-20H,1-2H3;1-11H. The molecule has 0 aliphatic carbocycles. The molecular formula is C39H35BN2Si. The van der Waals surface area contributed by atoms with Gasteiger partial charge in [0.2, 0.25) is 0 Å². The van der Waals surface area contributed by atoms with Gasteiger partial charge in [-0.3, -0.25) is 0 Å². The van der Waals surface area contributed by atoms with Crippen molar-refractivity contribution in [2.24, 2.45) is 0 Å². The molecule has 0 aliphatic rings. The zero-order valence-electron chi connectivity index (χ0n) is 24.7. The van der Waals surface area contributed by atoms with Crippen LogP contribution in [0.4, 0.5) is 0 Å². The molecule has 0 aliphatic heterocycles. The van der Waals surface area contributed by atoms with Gasteiger partial charge in [-0.25, -0.2) is 4.98 Å². The van der Waals surface area contributed by atoms with Crippen LogP contribution in [0.2, 0.25) is 0 Å². The molecule has 0 spiro atoms. The highest BCUT2D eigenvalue weighted by atomic mass is 28.2. The van der Waals surface area contributed by atoms with Crippen LogP contribution in [0.15, 0.2) is 170 Å².